The summed E-state index contributed by atoms with van der Waals surface area (Å²) >= 11 is 0. The molecule has 0 N–H and O–H groups in total. The second-order valence-electron chi connectivity index (χ2n) is 6.19. The Labute approximate surface area is 130 Å². The molecule has 21 heavy (non-hydrogen) atoms. The predicted octanol–water partition coefficient (Wildman–Crippen LogP) is 4.97. The highest BCUT2D eigenvalue weighted by molar-refractivity contribution is 6.73. The summed E-state index contributed by atoms with van der Waals surface area (Å²) in [6.07, 6.45) is 0.818. The van der Waals surface area contributed by atoms with Crippen LogP contribution in [0.15, 0.2) is 24.3 Å². The Morgan fingerprint density at radius 3 is 1.90 bits per heavy atom. The first-order valence-corrected chi connectivity index (χ1v) is 10.4. The molecule has 0 aromatic heterocycles. The number of hydrogen-bond acceptors (Lipinski definition) is 3. The minimum absolute atomic E-state index is 0.327. The van der Waals surface area contributed by atoms with Gasteiger partial charge in [-0.25, -0.2) is 4.89 Å². The van der Waals surface area contributed by atoms with Crippen molar-refractivity contribution in [1.82, 2.24) is 0 Å². The van der Waals surface area contributed by atoms with Crippen molar-refractivity contribution in [1.29, 1.82) is 0 Å². The predicted molar refractivity (Wildman–Crippen MR) is 90.1 cm³/mol. The van der Waals surface area contributed by atoms with E-state index >= 15 is 0 Å². The van der Waals surface area contributed by atoms with Gasteiger partial charge in [0.25, 0.3) is 0 Å². The van der Waals surface area contributed by atoms with E-state index in [1.54, 1.807) is 7.11 Å². The van der Waals surface area contributed by atoms with Crippen LogP contribution in [0.1, 0.15) is 40.2 Å². The summed E-state index contributed by atoms with van der Waals surface area (Å²) in [6.45, 7) is 10.8. The lowest BCUT2D eigenvalue weighted by Gasteiger charge is -2.32. The molecule has 0 saturated heterocycles. The molecule has 0 bridgehead atoms. The maximum absolute atomic E-state index is 5.97. The van der Waals surface area contributed by atoms with Gasteiger partial charge in [0.05, 0.1) is 7.11 Å². The lowest BCUT2D eigenvalue weighted by atomic mass is 9.99. The van der Waals surface area contributed by atoms with Gasteiger partial charge >= 0.3 is 0 Å². The van der Waals surface area contributed by atoms with Crippen LogP contribution in [-0.4, -0.2) is 21.0 Å². The number of hydrogen-bond donors (Lipinski definition) is 0. The maximum Gasteiger partial charge on any atom is 0.238 e. The molecule has 0 radical (unpaired) electrons. The van der Waals surface area contributed by atoms with Crippen molar-refractivity contribution < 1.29 is 14.2 Å². The van der Waals surface area contributed by atoms with Crippen LogP contribution >= 0.6 is 0 Å². The van der Waals surface area contributed by atoms with Gasteiger partial charge in [0.1, 0.15) is 11.4 Å². The highest BCUT2D eigenvalue weighted by atomic mass is 28.4. The quantitative estimate of drug-likeness (QED) is 0.366. The Hall–Kier alpha value is -0.843. The largest absolute Gasteiger partial charge is 0.497 e. The van der Waals surface area contributed by atoms with E-state index in [-0.39, 0.29) is 5.60 Å². The summed E-state index contributed by atoms with van der Waals surface area (Å²) in [5.41, 5.74) is 0.896. The van der Waals surface area contributed by atoms with Gasteiger partial charge in [0, 0.05) is 6.42 Å². The fourth-order valence-electron chi connectivity index (χ4n) is 2.39. The van der Waals surface area contributed by atoms with Crippen LogP contribution in [0.25, 0.3) is 0 Å². The summed E-state index contributed by atoms with van der Waals surface area (Å²) in [4.78, 5) is 5.86. The van der Waals surface area contributed by atoms with Crippen LogP contribution < -0.4 is 4.74 Å². The number of methoxy groups -OCH3 is 1. The van der Waals surface area contributed by atoms with Crippen LogP contribution in [0.5, 0.6) is 5.75 Å². The molecule has 120 valence electrons. The van der Waals surface area contributed by atoms with E-state index in [0.717, 1.165) is 30.3 Å². The summed E-state index contributed by atoms with van der Waals surface area (Å²) < 4.78 is 11.2. The summed E-state index contributed by atoms with van der Waals surface area (Å²) in [6, 6.07) is 11.4. The summed E-state index contributed by atoms with van der Waals surface area (Å²) in [7, 11) is -0.0204. The molecule has 1 aromatic carbocycles. The Kier molecular flexibility index (Phi) is 6.91. The second-order valence-corrected chi connectivity index (χ2v) is 10.8. The van der Waals surface area contributed by atoms with Crippen molar-refractivity contribution in [2.75, 3.05) is 7.11 Å². The van der Waals surface area contributed by atoms with E-state index in [9.17, 15) is 0 Å². The fraction of sp³-hybridized carbons (Fsp3) is 0.647. The van der Waals surface area contributed by atoms with Crippen molar-refractivity contribution in [3.63, 3.8) is 0 Å². The minimum Gasteiger partial charge on any atom is -0.497 e. The molecule has 0 atom stereocenters. The maximum atomic E-state index is 5.97. The van der Waals surface area contributed by atoms with E-state index in [2.05, 4.69) is 46.8 Å². The van der Waals surface area contributed by atoms with E-state index < -0.39 is 8.32 Å². The third kappa shape index (κ3) is 5.45. The van der Waals surface area contributed by atoms with Gasteiger partial charge in [-0.1, -0.05) is 32.9 Å². The lowest BCUT2D eigenvalue weighted by molar-refractivity contribution is -0.291. The molecule has 1 aromatic rings. The Balaban J connectivity index is 2.63. The molecule has 0 spiro atoms. The molecule has 0 aliphatic carbocycles. The van der Waals surface area contributed by atoms with E-state index in [4.69, 9.17) is 14.2 Å². The smallest absolute Gasteiger partial charge is 0.238 e. The average Bonchev–Trinajstić information content (AvgIpc) is 2.50. The highest BCUT2D eigenvalue weighted by Crippen LogP contribution is 2.26. The van der Waals surface area contributed by atoms with E-state index in [1.165, 1.54) is 5.56 Å². The standard InChI is InChI=1S/C17H30O3Si/c1-7-21(8-2,9-3)20-19-17(4,5)14-15-10-12-16(18-6)13-11-15/h10-13H,7-9,14H2,1-6H3. The normalized spacial score (nSPS) is 12.5. The Morgan fingerprint density at radius 1 is 0.952 bits per heavy atom. The van der Waals surface area contributed by atoms with Crippen molar-refractivity contribution in [2.24, 2.45) is 0 Å². The zero-order valence-corrected chi connectivity index (χ0v) is 15.4. The van der Waals surface area contributed by atoms with Gasteiger partial charge in [0.15, 0.2) is 0 Å². The molecule has 0 heterocycles. The van der Waals surface area contributed by atoms with Crippen molar-refractivity contribution in [2.45, 2.75) is 64.8 Å². The number of benzene rings is 1. The molecule has 0 aliphatic rings. The Bertz CT molecular complexity index is 402. The first-order valence-electron chi connectivity index (χ1n) is 7.90. The number of rotatable bonds is 9. The van der Waals surface area contributed by atoms with Crippen LogP contribution in [0, 0.1) is 0 Å². The third-order valence-corrected chi connectivity index (χ3v) is 8.47. The molecule has 1 rings (SSSR count). The zero-order chi connectivity index (χ0) is 15.9. The lowest BCUT2D eigenvalue weighted by Crippen LogP contribution is -2.40. The zero-order valence-electron chi connectivity index (χ0n) is 14.4. The SMILES string of the molecule is CC[Si](CC)(CC)OOC(C)(C)Cc1ccc(OC)cc1. The van der Waals surface area contributed by atoms with Gasteiger partial charge in [-0.05, 0) is 49.7 Å². The van der Waals surface area contributed by atoms with Gasteiger partial charge in [-0.3, -0.25) is 4.58 Å². The molecular formula is C17H30O3Si. The highest BCUT2D eigenvalue weighted by Gasteiger charge is 2.33. The number of ether oxygens (including phenoxy) is 1. The van der Waals surface area contributed by atoms with Crippen molar-refractivity contribution >= 4 is 8.32 Å². The fourth-order valence-corrected chi connectivity index (χ4v) is 4.65. The molecule has 0 aliphatic heterocycles. The summed E-state index contributed by atoms with van der Waals surface area (Å²) in [5.74, 6) is 0.878. The van der Waals surface area contributed by atoms with Gasteiger partial charge in [0.2, 0.25) is 8.32 Å². The van der Waals surface area contributed by atoms with E-state index in [1.807, 2.05) is 12.1 Å². The first kappa shape index (κ1) is 18.2. The van der Waals surface area contributed by atoms with Crippen LogP contribution in [0.4, 0.5) is 0 Å². The van der Waals surface area contributed by atoms with Crippen LogP contribution in [-0.2, 0) is 15.9 Å². The van der Waals surface area contributed by atoms with E-state index in [0.29, 0.717) is 0 Å². The van der Waals surface area contributed by atoms with Crippen LogP contribution in [0.3, 0.4) is 0 Å². The van der Waals surface area contributed by atoms with Gasteiger partial charge in [-0.15, -0.1) is 0 Å². The molecule has 0 unspecified atom stereocenters. The third-order valence-electron chi connectivity index (χ3n) is 4.17. The van der Waals surface area contributed by atoms with Crippen molar-refractivity contribution in [3.8, 4) is 5.75 Å². The average molecular weight is 311 g/mol. The molecule has 0 amide bonds. The molecule has 0 saturated carbocycles. The topological polar surface area (TPSA) is 27.7 Å². The second kappa shape index (κ2) is 7.97. The Morgan fingerprint density at radius 2 is 1.48 bits per heavy atom. The monoisotopic (exact) mass is 310 g/mol. The molecule has 4 heteroatoms. The van der Waals surface area contributed by atoms with Crippen molar-refractivity contribution in [3.05, 3.63) is 29.8 Å². The molecule has 3 nitrogen and oxygen atoms in total. The first-order chi connectivity index (χ1) is 9.90. The summed E-state index contributed by atoms with van der Waals surface area (Å²) in [5, 5.41) is 0. The minimum atomic E-state index is -1.70. The van der Waals surface area contributed by atoms with Gasteiger partial charge < -0.3 is 4.74 Å². The van der Waals surface area contributed by atoms with Crippen LogP contribution in [0.2, 0.25) is 18.1 Å². The van der Waals surface area contributed by atoms with Gasteiger partial charge in [-0.2, -0.15) is 0 Å². The molecule has 0 fully saturated rings. The molecular weight excluding hydrogens is 280 g/mol.